The predicted octanol–water partition coefficient (Wildman–Crippen LogP) is 7.25. The van der Waals surface area contributed by atoms with Crippen molar-refractivity contribution in [3.8, 4) is 0 Å². The van der Waals surface area contributed by atoms with Crippen molar-refractivity contribution >= 4 is 67.4 Å². The van der Waals surface area contributed by atoms with E-state index in [0.717, 1.165) is 32.2 Å². The van der Waals surface area contributed by atoms with Crippen molar-refractivity contribution in [2.75, 3.05) is 0 Å². The first kappa shape index (κ1) is 17.0. The molecule has 28 heavy (non-hydrogen) atoms. The summed E-state index contributed by atoms with van der Waals surface area (Å²) in [6.45, 7) is 0. The zero-order valence-electron chi connectivity index (χ0n) is 14.9. The fourth-order valence-corrected chi connectivity index (χ4v) is 4.72. The molecule has 0 bridgehead atoms. The molecule has 0 aliphatic heterocycles. The largest absolute Gasteiger partial charge is 0.237 e. The maximum absolute atomic E-state index is 4.64. The first-order valence-corrected chi connectivity index (χ1v) is 10.6. The van der Waals surface area contributed by atoms with Crippen LogP contribution < -0.4 is 0 Å². The van der Waals surface area contributed by atoms with Crippen LogP contribution in [0.2, 0.25) is 0 Å². The molecule has 134 valence electrons. The molecule has 2 nitrogen and oxygen atoms in total. The van der Waals surface area contributed by atoms with Crippen LogP contribution in [0.25, 0.3) is 44.7 Å². The van der Waals surface area contributed by atoms with Gasteiger partial charge >= 0.3 is 0 Å². The fourth-order valence-electron chi connectivity index (χ4n) is 2.98. The van der Waals surface area contributed by atoms with Gasteiger partial charge in [0.05, 0.1) is 20.4 Å². The topological polar surface area (TPSA) is 25.8 Å². The average molecular weight is 397 g/mol. The van der Waals surface area contributed by atoms with E-state index in [1.807, 2.05) is 12.1 Å². The molecule has 0 unspecified atom stereocenters. The summed E-state index contributed by atoms with van der Waals surface area (Å²) in [5.74, 6) is 0. The van der Waals surface area contributed by atoms with E-state index in [2.05, 4.69) is 94.9 Å². The third-order valence-corrected chi connectivity index (χ3v) is 6.40. The van der Waals surface area contributed by atoms with Crippen molar-refractivity contribution in [1.82, 2.24) is 9.97 Å². The van der Waals surface area contributed by atoms with Crippen molar-refractivity contribution in [3.05, 3.63) is 93.9 Å². The molecule has 5 rings (SSSR count). The zero-order chi connectivity index (χ0) is 18.8. The summed E-state index contributed by atoms with van der Waals surface area (Å²) in [5.41, 5.74) is 4.44. The van der Waals surface area contributed by atoms with Crippen molar-refractivity contribution in [3.63, 3.8) is 0 Å². The summed E-state index contributed by atoms with van der Waals surface area (Å²) >= 11 is 3.42. The summed E-state index contributed by atoms with van der Waals surface area (Å²) in [6, 6.07) is 25.0. The molecule has 0 radical (unpaired) electrons. The minimum Gasteiger partial charge on any atom is -0.237 e. The molecule has 2 heterocycles. The molecule has 0 aliphatic carbocycles. The third-order valence-electron chi connectivity index (χ3n) is 4.39. The van der Waals surface area contributed by atoms with Crippen LogP contribution in [0, 0.1) is 0 Å². The van der Waals surface area contributed by atoms with Gasteiger partial charge in [-0.2, -0.15) is 0 Å². The molecule has 0 fully saturated rings. The number of nitrogens with zero attached hydrogens (tertiary/aromatic N) is 2. The van der Waals surface area contributed by atoms with Gasteiger partial charge in [-0.1, -0.05) is 60.7 Å². The lowest BCUT2D eigenvalue weighted by molar-refractivity contribution is 1.46. The van der Waals surface area contributed by atoms with E-state index in [-0.39, 0.29) is 0 Å². The first-order valence-electron chi connectivity index (χ1n) is 9.01. The number of benzene rings is 3. The van der Waals surface area contributed by atoms with Crippen LogP contribution in [-0.4, -0.2) is 9.97 Å². The molecule has 0 saturated carbocycles. The monoisotopic (exact) mass is 396 g/mol. The highest BCUT2D eigenvalue weighted by molar-refractivity contribution is 7.19. The highest BCUT2D eigenvalue weighted by atomic mass is 32.1. The Bertz CT molecular complexity index is 1140. The van der Waals surface area contributed by atoms with Crippen molar-refractivity contribution in [2.24, 2.45) is 0 Å². The Morgan fingerprint density at radius 3 is 1.36 bits per heavy atom. The molecule has 5 aromatic rings. The van der Waals surface area contributed by atoms with Crippen LogP contribution in [0.3, 0.4) is 0 Å². The van der Waals surface area contributed by atoms with Gasteiger partial charge < -0.3 is 0 Å². The highest BCUT2D eigenvalue weighted by Gasteiger charge is 2.00. The van der Waals surface area contributed by atoms with Crippen LogP contribution >= 0.6 is 22.7 Å². The van der Waals surface area contributed by atoms with E-state index in [0.29, 0.717) is 0 Å². The molecule has 0 amide bonds. The third kappa shape index (κ3) is 3.65. The Balaban J connectivity index is 1.30. The Kier molecular flexibility index (Phi) is 4.57. The average Bonchev–Trinajstić information content (AvgIpc) is 3.34. The summed E-state index contributed by atoms with van der Waals surface area (Å²) in [5, 5.41) is 2.06. The Morgan fingerprint density at radius 2 is 0.929 bits per heavy atom. The second-order valence-electron chi connectivity index (χ2n) is 6.37. The van der Waals surface area contributed by atoms with E-state index in [1.54, 1.807) is 22.7 Å². The van der Waals surface area contributed by atoms with Crippen LogP contribution in [0.15, 0.2) is 72.8 Å². The van der Waals surface area contributed by atoms with E-state index >= 15 is 0 Å². The van der Waals surface area contributed by atoms with Gasteiger partial charge in [0.15, 0.2) is 0 Å². The second-order valence-corrected chi connectivity index (χ2v) is 8.50. The molecule has 0 aliphatic rings. The molecular weight excluding hydrogens is 380 g/mol. The maximum Gasteiger partial charge on any atom is 0.117 e. The molecule has 0 saturated heterocycles. The Morgan fingerprint density at radius 1 is 0.500 bits per heavy atom. The van der Waals surface area contributed by atoms with Gasteiger partial charge in [0.1, 0.15) is 10.0 Å². The minimum atomic E-state index is 1.03. The molecule has 0 spiro atoms. The molecule has 3 aromatic carbocycles. The number of hydrogen-bond acceptors (Lipinski definition) is 4. The van der Waals surface area contributed by atoms with E-state index in [1.165, 1.54) is 9.40 Å². The van der Waals surface area contributed by atoms with Crippen LogP contribution in [0.4, 0.5) is 0 Å². The lowest BCUT2D eigenvalue weighted by Gasteiger charge is -1.95. The van der Waals surface area contributed by atoms with Gasteiger partial charge in [-0.25, -0.2) is 9.97 Å². The van der Waals surface area contributed by atoms with Crippen LogP contribution in [0.5, 0.6) is 0 Å². The normalized spacial score (nSPS) is 12.0. The summed E-state index contributed by atoms with van der Waals surface area (Å²) < 4.78 is 2.44. The SMILES string of the molecule is C(=C\c1nc2ccccc2s1)/c1ccc(/C=C/c2nc3ccccc3s2)cc1. The predicted molar refractivity (Wildman–Crippen MR) is 124 cm³/mol. The number of thiazole rings is 2. The smallest absolute Gasteiger partial charge is 0.117 e. The number of aromatic nitrogens is 2. The van der Waals surface area contributed by atoms with Gasteiger partial charge in [-0.15, -0.1) is 22.7 Å². The zero-order valence-corrected chi connectivity index (χ0v) is 16.6. The Hall–Kier alpha value is -3.08. The fraction of sp³-hybridized carbons (Fsp3) is 0. The molecule has 0 atom stereocenters. The van der Waals surface area contributed by atoms with E-state index in [9.17, 15) is 0 Å². The number of para-hydroxylation sites is 2. The van der Waals surface area contributed by atoms with E-state index in [4.69, 9.17) is 0 Å². The van der Waals surface area contributed by atoms with Crippen LogP contribution in [0.1, 0.15) is 21.1 Å². The number of rotatable bonds is 4. The second kappa shape index (κ2) is 7.50. The molecule has 2 aromatic heterocycles. The minimum absolute atomic E-state index is 1.03. The van der Waals surface area contributed by atoms with Gasteiger partial charge in [-0.05, 0) is 47.5 Å². The highest BCUT2D eigenvalue weighted by Crippen LogP contribution is 2.24. The number of hydrogen-bond donors (Lipinski definition) is 0. The van der Waals surface area contributed by atoms with Gasteiger partial charge in [-0.3, -0.25) is 0 Å². The summed E-state index contributed by atoms with van der Waals surface area (Å²) in [4.78, 5) is 9.28. The van der Waals surface area contributed by atoms with Crippen molar-refractivity contribution < 1.29 is 0 Å². The number of fused-ring (bicyclic) bond motifs is 2. The quantitative estimate of drug-likeness (QED) is 0.320. The van der Waals surface area contributed by atoms with E-state index < -0.39 is 0 Å². The first-order chi connectivity index (χ1) is 13.8. The van der Waals surface area contributed by atoms with Gasteiger partial charge in [0.25, 0.3) is 0 Å². The molecule has 0 N–H and O–H groups in total. The van der Waals surface area contributed by atoms with Crippen molar-refractivity contribution in [2.45, 2.75) is 0 Å². The lowest BCUT2D eigenvalue weighted by atomic mass is 10.1. The molecule has 4 heteroatoms. The van der Waals surface area contributed by atoms with Gasteiger partial charge in [0.2, 0.25) is 0 Å². The summed E-state index contributed by atoms with van der Waals surface area (Å²) in [7, 11) is 0. The molecular formula is C24H16N2S2. The van der Waals surface area contributed by atoms with Crippen LogP contribution in [-0.2, 0) is 0 Å². The summed E-state index contributed by atoms with van der Waals surface area (Å²) in [6.07, 6.45) is 8.38. The maximum atomic E-state index is 4.64. The standard InChI is InChI=1S/C24H16N2S2/c1-3-7-21-19(5-1)25-23(27-21)15-13-17-9-11-18(12-10-17)14-16-24-26-20-6-2-4-8-22(20)28-24/h1-16H/b15-13+,16-14+. The Labute approximate surface area is 171 Å². The lowest BCUT2D eigenvalue weighted by Crippen LogP contribution is -1.75. The van der Waals surface area contributed by atoms with Crippen molar-refractivity contribution in [1.29, 1.82) is 0 Å². The van der Waals surface area contributed by atoms with Gasteiger partial charge in [0, 0.05) is 0 Å².